The predicted octanol–water partition coefficient (Wildman–Crippen LogP) is 1.13. The summed E-state index contributed by atoms with van der Waals surface area (Å²) in [5.41, 5.74) is -5.64. The molecule has 1 fully saturated rings. The second-order valence-corrected chi connectivity index (χ2v) is 6.54. The van der Waals surface area contributed by atoms with Crippen LogP contribution in [0.2, 0.25) is 0 Å². The number of halogens is 4. The Balaban J connectivity index is 1.99. The summed E-state index contributed by atoms with van der Waals surface area (Å²) in [7, 11) is -5.95. The minimum Gasteiger partial charge on any atom is -0.450 e. The first-order valence-corrected chi connectivity index (χ1v) is 8.13. The first kappa shape index (κ1) is 19.6. The fourth-order valence-electron chi connectivity index (χ4n) is 1.94. The quantitative estimate of drug-likeness (QED) is 0.349. The fraction of sp³-hybridized carbons (Fsp3) is 0.462. The van der Waals surface area contributed by atoms with E-state index < -0.39 is 52.9 Å². The molecule has 1 saturated heterocycles. The third-order valence-electron chi connectivity index (χ3n) is 3.19. The van der Waals surface area contributed by atoms with Crippen LogP contribution in [-0.2, 0) is 23.8 Å². The van der Waals surface area contributed by atoms with Gasteiger partial charge in [0.25, 0.3) is 0 Å². The van der Waals surface area contributed by atoms with Crippen molar-refractivity contribution < 1.29 is 49.5 Å². The molecular formula is C13H12F4O7S. The molecule has 1 aliphatic rings. The topological polar surface area (TPSA) is 99.1 Å². The number of aliphatic hydroxyl groups is 1. The van der Waals surface area contributed by atoms with Gasteiger partial charge in [-0.15, -0.1) is 0 Å². The number of esters is 1. The van der Waals surface area contributed by atoms with E-state index in [9.17, 15) is 35.9 Å². The van der Waals surface area contributed by atoms with Crippen molar-refractivity contribution in [3.05, 3.63) is 35.9 Å². The Morgan fingerprint density at radius 2 is 1.84 bits per heavy atom. The van der Waals surface area contributed by atoms with Crippen molar-refractivity contribution in [3.8, 4) is 0 Å². The lowest BCUT2D eigenvalue weighted by Crippen LogP contribution is -2.36. The highest BCUT2D eigenvalue weighted by Gasteiger charge is 2.51. The number of hydrogen-bond acceptors (Lipinski definition) is 7. The van der Waals surface area contributed by atoms with Crippen LogP contribution in [0.4, 0.5) is 17.6 Å². The molecule has 1 aromatic rings. The number of aliphatic hydroxyl groups excluding tert-OH is 1. The van der Waals surface area contributed by atoms with Crippen molar-refractivity contribution in [2.24, 2.45) is 0 Å². The molecule has 0 aromatic heterocycles. The van der Waals surface area contributed by atoms with Crippen molar-refractivity contribution >= 4 is 16.1 Å². The van der Waals surface area contributed by atoms with Gasteiger partial charge in [-0.2, -0.15) is 21.6 Å². The highest BCUT2D eigenvalue weighted by Crippen LogP contribution is 2.29. The van der Waals surface area contributed by atoms with Crippen molar-refractivity contribution in [3.63, 3.8) is 0 Å². The van der Waals surface area contributed by atoms with Gasteiger partial charge in [0.2, 0.25) is 0 Å². The molecule has 0 spiro atoms. The highest BCUT2D eigenvalue weighted by molar-refractivity contribution is 7.87. The number of carbonyl (C=O) groups excluding carboxylic acids is 1. The molecule has 1 heterocycles. The number of rotatable bonds is 5. The van der Waals surface area contributed by atoms with Crippen LogP contribution in [0.5, 0.6) is 0 Å². The van der Waals surface area contributed by atoms with Crippen molar-refractivity contribution in [1.29, 1.82) is 0 Å². The average Bonchev–Trinajstić information content (AvgIpc) is 2.80. The van der Waals surface area contributed by atoms with Crippen LogP contribution in [0.1, 0.15) is 10.4 Å². The molecule has 0 saturated carbocycles. The van der Waals surface area contributed by atoms with Crippen LogP contribution in [0.25, 0.3) is 0 Å². The summed E-state index contributed by atoms with van der Waals surface area (Å²) in [5, 5.41) is 9.55. The van der Waals surface area contributed by atoms with Gasteiger partial charge >= 0.3 is 21.6 Å². The predicted molar refractivity (Wildman–Crippen MR) is 72.3 cm³/mol. The van der Waals surface area contributed by atoms with Crippen molar-refractivity contribution in [2.45, 2.75) is 30.2 Å². The van der Waals surface area contributed by atoms with E-state index in [0.717, 1.165) is 0 Å². The second kappa shape index (κ2) is 7.23. The largest absolute Gasteiger partial charge is 0.523 e. The van der Waals surface area contributed by atoms with Gasteiger partial charge in [0.05, 0.1) is 12.2 Å². The maximum absolute atomic E-state index is 14.1. The van der Waals surface area contributed by atoms with Crippen molar-refractivity contribution in [1.82, 2.24) is 0 Å². The van der Waals surface area contributed by atoms with E-state index in [4.69, 9.17) is 4.74 Å². The van der Waals surface area contributed by atoms with E-state index in [-0.39, 0.29) is 5.56 Å². The molecule has 2 rings (SSSR count). The molecule has 12 heteroatoms. The van der Waals surface area contributed by atoms with Crippen LogP contribution in [0.15, 0.2) is 30.3 Å². The second-order valence-electron chi connectivity index (χ2n) is 4.93. The molecule has 0 amide bonds. The lowest BCUT2D eigenvalue weighted by molar-refractivity contribution is -0.134. The number of hydrogen-bond donors (Lipinski definition) is 1. The summed E-state index contributed by atoms with van der Waals surface area (Å²) in [6.45, 7) is -1.35. The Morgan fingerprint density at radius 1 is 1.24 bits per heavy atom. The van der Waals surface area contributed by atoms with E-state index in [0.29, 0.717) is 0 Å². The van der Waals surface area contributed by atoms with E-state index in [1.807, 2.05) is 0 Å². The fourth-order valence-corrected chi connectivity index (χ4v) is 2.39. The Morgan fingerprint density at radius 3 is 2.40 bits per heavy atom. The van der Waals surface area contributed by atoms with Crippen molar-refractivity contribution in [2.75, 3.05) is 6.61 Å². The summed E-state index contributed by atoms with van der Waals surface area (Å²) < 4.78 is 85.1. The summed E-state index contributed by atoms with van der Waals surface area (Å²) in [6, 6.07) is 7.33. The number of alkyl halides is 4. The Labute approximate surface area is 139 Å². The third kappa shape index (κ3) is 4.45. The molecule has 0 radical (unpaired) electrons. The minimum atomic E-state index is -5.95. The van der Waals surface area contributed by atoms with Gasteiger partial charge in [0, 0.05) is 0 Å². The monoisotopic (exact) mass is 388 g/mol. The number of benzene rings is 1. The van der Waals surface area contributed by atoms with Crippen LogP contribution in [0.3, 0.4) is 0 Å². The number of carbonyl (C=O) groups is 1. The highest BCUT2D eigenvalue weighted by atomic mass is 32.2. The summed E-state index contributed by atoms with van der Waals surface area (Å²) in [5.74, 6) is -1.000. The normalized spacial score (nSPS) is 27.2. The molecule has 1 N–H and O–H groups in total. The van der Waals surface area contributed by atoms with Gasteiger partial charge in [-0.1, -0.05) is 18.2 Å². The molecular weight excluding hydrogens is 376 g/mol. The van der Waals surface area contributed by atoms with Crippen LogP contribution >= 0.6 is 0 Å². The lowest BCUT2D eigenvalue weighted by atomic mass is 10.1. The van der Waals surface area contributed by atoms with E-state index in [1.165, 1.54) is 24.3 Å². The van der Waals surface area contributed by atoms with Gasteiger partial charge in [0.1, 0.15) is 6.10 Å². The molecule has 140 valence electrons. The third-order valence-corrected chi connectivity index (χ3v) is 4.20. The molecule has 1 aromatic carbocycles. The van der Waals surface area contributed by atoms with Crippen LogP contribution in [0, 0.1) is 0 Å². The molecule has 7 nitrogen and oxygen atoms in total. The molecule has 4 atom stereocenters. The van der Waals surface area contributed by atoms with E-state index >= 15 is 0 Å². The first-order chi connectivity index (χ1) is 11.5. The summed E-state index contributed by atoms with van der Waals surface area (Å²) in [6.07, 6.45) is -8.02. The first-order valence-electron chi connectivity index (χ1n) is 6.72. The Bertz CT molecular complexity index is 707. The summed E-state index contributed by atoms with van der Waals surface area (Å²) in [4.78, 5) is 11.8. The zero-order valence-electron chi connectivity index (χ0n) is 12.2. The SMILES string of the molecule is O=C(OC1C(O)OC(COS(=O)(=O)C(F)(F)F)C1F)c1ccccc1. The van der Waals surface area contributed by atoms with E-state index in [2.05, 4.69) is 8.92 Å². The zero-order chi connectivity index (χ0) is 18.8. The van der Waals surface area contributed by atoms with Crippen LogP contribution < -0.4 is 0 Å². The van der Waals surface area contributed by atoms with E-state index in [1.54, 1.807) is 6.07 Å². The zero-order valence-corrected chi connectivity index (χ0v) is 13.0. The Kier molecular flexibility index (Phi) is 5.66. The standard InChI is InChI=1S/C13H12F4O7S/c14-9-8(6-22-25(20,21)13(15,16)17)23-12(19)10(9)24-11(18)7-4-2-1-3-5-7/h1-5,8-10,12,19H,6H2. The number of ether oxygens (including phenoxy) is 2. The maximum atomic E-state index is 14.1. The van der Waals surface area contributed by atoms with Gasteiger partial charge in [-0.25, -0.2) is 9.18 Å². The molecule has 0 aliphatic carbocycles. The Hall–Kier alpha value is -1.76. The summed E-state index contributed by atoms with van der Waals surface area (Å²) >= 11 is 0. The molecule has 25 heavy (non-hydrogen) atoms. The van der Waals surface area contributed by atoms with Gasteiger partial charge in [-0.05, 0) is 12.1 Å². The molecule has 0 bridgehead atoms. The average molecular weight is 388 g/mol. The van der Waals surface area contributed by atoms with Gasteiger partial charge in [0.15, 0.2) is 18.6 Å². The maximum Gasteiger partial charge on any atom is 0.523 e. The van der Waals surface area contributed by atoms with Crippen LogP contribution in [-0.4, -0.2) is 56.3 Å². The smallest absolute Gasteiger partial charge is 0.450 e. The molecule has 1 aliphatic heterocycles. The lowest BCUT2D eigenvalue weighted by Gasteiger charge is -2.16. The minimum absolute atomic E-state index is 0.0428. The molecule has 4 unspecified atom stereocenters. The van der Waals surface area contributed by atoms with Gasteiger partial charge < -0.3 is 14.6 Å². The van der Waals surface area contributed by atoms with Gasteiger partial charge in [-0.3, -0.25) is 4.18 Å².